The third kappa shape index (κ3) is 5.72. The topological polar surface area (TPSA) is 96.8 Å². The number of halogens is 2. The van der Waals surface area contributed by atoms with E-state index in [0.29, 0.717) is 49.9 Å². The van der Waals surface area contributed by atoms with Crippen molar-refractivity contribution in [2.45, 2.75) is 0 Å². The van der Waals surface area contributed by atoms with Gasteiger partial charge in [0, 0.05) is 28.8 Å². The Balaban J connectivity index is 1.59. The summed E-state index contributed by atoms with van der Waals surface area (Å²) in [5, 5.41) is 7.54. The summed E-state index contributed by atoms with van der Waals surface area (Å²) < 4.78 is 12.6. The molecule has 2 heterocycles. The maximum absolute atomic E-state index is 5.46. The zero-order valence-corrected chi connectivity index (χ0v) is 20.4. The van der Waals surface area contributed by atoms with Gasteiger partial charge in [0.1, 0.15) is 5.75 Å². The molecule has 1 aromatic heterocycles. The number of hydrazone groups is 1. The lowest BCUT2D eigenvalue weighted by Crippen LogP contribution is -2.37. The molecular weight excluding hydrogens is 542 g/mol. The van der Waals surface area contributed by atoms with Crippen molar-refractivity contribution in [1.29, 1.82) is 0 Å². The molecule has 32 heavy (non-hydrogen) atoms. The van der Waals surface area contributed by atoms with Crippen molar-refractivity contribution in [2.24, 2.45) is 5.10 Å². The smallest absolute Gasteiger partial charge is 0.250 e. The van der Waals surface area contributed by atoms with Crippen LogP contribution in [0.3, 0.4) is 0 Å². The van der Waals surface area contributed by atoms with Crippen LogP contribution in [0.15, 0.2) is 56.5 Å². The zero-order chi connectivity index (χ0) is 22.3. The molecule has 4 rings (SSSR count). The van der Waals surface area contributed by atoms with E-state index in [2.05, 4.69) is 67.6 Å². The van der Waals surface area contributed by atoms with Crippen LogP contribution in [0.2, 0.25) is 0 Å². The van der Waals surface area contributed by atoms with E-state index in [1.807, 2.05) is 42.5 Å². The van der Waals surface area contributed by atoms with E-state index in [4.69, 9.17) is 9.47 Å². The summed E-state index contributed by atoms with van der Waals surface area (Å²) in [6.45, 7) is 2.68. The summed E-state index contributed by atoms with van der Waals surface area (Å²) >= 11 is 6.98. The van der Waals surface area contributed by atoms with Crippen molar-refractivity contribution in [3.8, 4) is 5.75 Å². The Labute approximate surface area is 202 Å². The summed E-state index contributed by atoms with van der Waals surface area (Å²) in [5.41, 5.74) is 4.58. The minimum Gasteiger partial charge on any atom is -0.495 e. The van der Waals surface area contributed by atoms with Gasteiger partial charge >= 0.3 is 0 Å². The lowest BCUT2D eigenvalue weighted by Gasteiger charge is -2.27. The number of rotatable bonds is 7. The highest BCUT2D eigenvalue weighted by atomic mass is 79.9. The molecule has 1 aliphatic heterocycles. The van der Waals surface area contributed by atoms with Crippen LogP contribution in [0.5, 0.6) is 5.75 Å². The normalized spacial score (nSPS) is 13.9. The van der Waals surface area contributed by atoms with Crippen LogP contribution < -0.4 is 20.4 Å². The highest BCUT2D eigenvalue weighted by Gasteiger charge is 2.17. The highest BCUT2D eigenvalue weighted by molar-refractivity contribution is 9.11. The van der Waals surface area contributed by atoms with Gasteiger partial charge in [0.25, 0.3) is 0 Å². The lowest BCUT2D eigenvalue weighted by molar-refractivity contribution is 0.122. The number of hydrogen-bond acceptors (Lipinski definition) is 9. The highest BCUT2D eigenvalue weighted by Crippen LogP contribution is 2.31. The predicted molar refractivity (Wildman–Crippen MR) is 132 cm³/mol. The Morgan fingerprint density at radius 3 is 2.56 bits per heavy atom. The monoisotopic (exact) mass is 561 g/mol. The Bertz CT molecular complexity index is 1090. The minimum absolute atomic E-state index is 0.323. The number of aromatic nitrogens is 3. The van der Waals surface area contributed by atoms with Gasteiger partial charge in [-0.05, 0) is 40.2 Å². The molecule has 166 valence electrons. The second-order valence-electron chi connectivity index (χ2n) is 6.75. The van der Waals surface area contributed by atoms with Crippen molar-refractivity contribution < 1.29 is 9.47 Å². The molecule has 0 spiro atoms. The summed E-state index contributed by atoms with van der Waals surface area (Å²) in [7, 11) is 1.61. The molecule has 2 aromatic carbocycles. The summed E-state index contributed by atoms with van der Waals surface area (Å²) in [6.07, 6.45) is 1.65. The van der Waals surface area contributed by atoms with Crippen LogP contribution in [-0.2, 0) is 4.74 Å². The van der Waals surface area contributed by atoms with E-state index < -0.39 is 0 Å². The fraction of sp³-hybridized carbons (Fsp3) is 0.238. The van der Waals surface area contributed by atoms with Gasteiger partial charge in [-0.2, -0.15) is 20.1 Å². The number of morpholine rings is 1. The van der Waals surface area contributed by atoms with Gasteiger partial charge in [-0.25, -0.2) is 5.43 Å². The molecule has 0 radical (unpaired) electrons. The van der Waals surface area contributed by atoms with Crippen LogP contribution in [0.1, 0.15) is 5.56 Å². The van der Waals surface area contributed by atoms with E-state index in [1.165, 1.54) is 0 Å². The second kappa shape index (κ2) is 10.7. The second-order valence-corrected chi connectivity index (χ2v) is 8.52. The van der Waals surface area contributed by atoms with Crippen molar-refractivity contribution in [2.75, 3.05) is 49.1 Å². The molecule has 1 fully saturated rings. The van der Waals surface area contributed by atoms with Crippen molar-refractivity contribution in [3.05, 3.63) is 57.0 Å². The van der Waals surface area contributed by atoms with Gasteiger partial charge in [0.05, 0.1) is 31.0 Å². The van der Waals surface area contributed by atoms with Gasteiger partial charge < -0.3 is 19.7 Å². The molecule has 0 aliphatic carbocycles. The summed E-state index contributed by atoms with van der Waals surface area (Å²) in [4.78, 5) is 15.6. The Morgan fingerprint density at radius 2 is 1.81 bits per heavy atom. The van der Waals surface area contributed by atoms with Crippen molar-refractivity contribution in [3.63, 3.8) is 0 Å². The zero-order valence-electron chi connectivity index (χ0n) is 17.3. The molecule has 0 bridgehead atoms. The lowest BCUT2D eigenvalue weighted by atomic mass is 10.2. The third-order valence-electron chi connectivity index (χ3n) is 4.56. The third-order valence-corrected chi connectivity index (χ3v) is 5.60. The summed E-state index contributed by atoms with van der Waals surface area (Å²) in [6, 6.07) is 13.5. The molecule has 1 saturated heterocycles. The maximum Gasteiger partial charge on any atom is 0.250 e. The van der Waals surface area contributed by atoms with Gasteiger partial charge in [-0.15, -0.1) is 0 Å². The van der Waals surface area contributed by atoms with E-state index in [9.17, 15) is 0 Å². The number of para-hydroxylation sites is 1. The number of nitrogens with zero attached hydrogens (tertiary/aromatic N) is 5. The van der Waals surface area contributed by atoms with Crippen LogP contribution in [0.25, 0.3) is 0 Å². The predicted octanol–water partition coefficient (Wildman–Crippen LogP) is 4.43. The average molecular weight is 563 g/mol. The largest absolute Gasteiger partial charge is 0.495 e. The van der Waals surface area contributed by atoms with Gasteiger partial charge in [-0.1, -0.05) is 34.1 Å². The molecule has 0 unspecified atom stereocenters. The van der Waals surface area contributed by atoms with E-state index >= 15 is 0 Å². The van der Waals surface area contributed by atoms with Gasteiger partial charge in [0.15, 0.2) is 0 Å². The standard InChI is InChI=1S/C21H21Br2N7O2/c1-31-18-14(11-15(22)12-17(18)23)13-24-29-20-26-19(25-16-5-3-2-4-6-16)27-21(28-20)30-7-9-32-10-8-30/h2-6,11-13H,7-10H2,1H3,(H2,25,26,27,28,29). The Morgan fingerprint density at radius 1 is 1.06 bits per heavy atom. The molecule has 3 aromatic rings. The van der Waals surface area contributed by atoms with Gasteiger partial charge in [0.2, 0.25) is 17.8 Å². The van der Waals surface area contributed by atoms with E-state index in [1.54, 1.807) is 13.3 Å². The number of nitrogens with one attached hydrogen (secondary N) is 2. The maximum atomic E-state index is 5.46. The van der Waals surface area contributed by atoms with Gasteiger partial charge in [-0.3, -0.25) is 0 Å². The van der Waals surface area contributed by atoms with Crippen molar-refractivity contribution >= 4 is 61.6 Å². The van der Waals surface area contributed by atoms with Crippen LogP contribution in [-0.4, -0.2) is 54.6 Å². The fourth-order valence-electron chi connectivity index (χ4n) is 3.08. The van der Waals surface area contributed by atoms with Crippen LogP contribution in [0, 0.1) is 0 Å². The minimum atomic E-state index is 0.323. The number of benzene rings is 2. The molecule has 9 nitrogen and oxygen atoms in total. The molecule has 2 N–H and O–H groups in total. The molecular formula is C21H21Br2N7O2. The van der Waals surface area contributed by atoms with Crippen molar-refractivity contribution in [1.82, 2.24) is 15.0 Å². The van der Waals surface area contributed by atoms with E-state index in [-0.39, 0.29) is 0 Å². The number of ether oxygens (including phenoxy) is 2. The summed E-state index contributed by atoms with van der Waals surface area (Å²) in [5.74, 6) is 1.98. The number of anilines is 4. The molecule has 0 atom stereocenters. The number of hydrogen-bond donors (Lipinski definition) is 2. The van der Waals surface area contributed by atoms with Crippen LogP contribution >= 0.6 is 31.9 Å². The Hall–Kier alpha value is -2.76. The first-order valence-corrected chi connectivity index (χ1v) is 11.4. The SMILES string of the molecule is COc1c(Br)cc(Br)cc1C=NNc1nc(Nc2ccccc2)nc(N2CCOCC2)n1. The molecule has 0 amide bonds. The molecule has 11 heteroatoms. The fourth-order valence-corrected chi connectivity index (χ4v) is 4.50. The first-order chi connectivity index (χ1) is 15.6. The average Bonchev–Trinajstić information content (AvgIpc) is 2.80. The Kier molecular flexibility index (Phi) is 7.51. The first kappa shape index (κ1) is 22.4. The molecule has 0 saturated carbocycles. The quantitative estimate of drug-likeness (QED) is 0.322. The number of methoxy groups -OCH3 is 1. The van der Waals surface area contributed by atoms with E-state index in [0.717, 1.165) is 20.2 Å². The first-order valence-electron chi connectivity index (χ1n) is 9.85. The van der Waals surface area contributed by atoms with Crippen LogP contribution in [0.4, 0.5) is 23.5 Å². The molecule has 1 aliphatic rings.